The number of nitrogens with two attached hydrogens (primary N) is 1. The average Bonchev–Trinajstić information content (AvgIpc) is 1.95. The van der Waals surface area contributed by atoms with Crippen molar-refractivity contribution in [3.8, 4) is 0 Å². The molecule has 54 valence electrons. The molecule has 1 aromatic rings. The summed E-state index contributed by atoms with van der Waals surface area (Å²) in [5, 5.41) is 0.741. The maximum atomic E-state index is 5.59. The number of nitrogen functional groups attached to an aromatic ring is 1. The molecule has 0 saturated carbocycles. The molecule has 0 bridgehead atoms. The normalized spacial score (nSPS) is 9.80. The maximum absolute atomic E-state index is 5.59. The number of rotatable bonds is 1. The molecule has 1 aromatic heterocycles. The van der Waals surface area contributed by atoms with E-state index in [1.807, 2.05) is 6.07 Å². The molecule has 0 aliphatic carbocycles. The van der Waals surface area contributed by atoms with Crippen molar-refractivity contribution in [2.75, 3.05) is 5.73 Å². The summed E-state index contributed by atoms with van der Waals surface area (Å²) in [6.45, 7) is 0. The van der Waals surface area contributed by atoms with Gasteiger partial charge < -0.3 is 5.73 Å². The van der Waals surface area contributed by atoms with Crippen molar-refractivity contribution >= 4 is 37.5 Å². The quantitative estimate of drug-likeness (QED) is 0.792. The molecule has 1 rings (SSSR count). The van der Waals surface area contributed by atoms with Crippen LogP contribution in [0.1, 0.15) is 5.69 Å². The predicted molar refractivity (Wildman–Crippen MR) is 49.0 cm³/mol. The first-order valence-corrected chi connectivity index (χ1v) is 4.61. The molecule has 0 radical (unpaired) electrons. The van der Waals surface area contributed by atoms with Crippen LogP contribution in [-0.2, 0) is 5.33 Å². The van der Waals surface area contributed by atoms with Crippen molar-refractivity contribution in [3.05, 3.63) is 22.4 Å². The second kappa shape index (κ2) is 3.34. The van der Waals surface area contributed by atoms with Gasteiger partial charge in [0, 0.05) is 17.2 Å². The Bertz CT molecular complexity index is 237. The highest BCUT2D eigenvalue weighted by molar-refractivity contribution is 9.10. The molecule has 4 heteroatoms. The van der Waals surface area contributed by atoms with E-state index in [1.54, 1.807) is 6.20 Å². The molecule has 0 atom stereocenters. The number of halogens is 2. The molecule has 0 amide bonds. The minimum absolute atomic E-state index is 0.726. The molecule has 0 unspecified atom stereocenters. The minimum Gasteiger partial charge on any atom is -0.398 e. The third-order valence-electron chi connectivity index (χ3n) is 1.08. The number of nitrogens with zero attached hydrogens (tertiary/aromatic N) is 1. The lowest BCUT2D eigenvalue weighted by atomic mass is 10.3. The fourth-order valence-corrected chi connectivity index (χ4v) is 1.10. The third kappa shape index (κ3) is 1.70. The van der Waals surface area contributed by atoms with Gasteiger partial charge in [-0.25, -0.2) is 0 Å². The Labute approximate surface area is 76.1 Å². The van der Waals surface area contributed by atoms with Crippen molar-refractivity contribution < 1.29 is 0 Å². The van der Waals surface area contributed by atoms with Crippen LogP contribution in [0.15, 0.2) is 16.7 Å². The molecule has 0 aliphatic rings. The summed E-state index contributed by atoms with van der Waals surface area (Å²) in [6.07, 6.45) is 1.70. The van der Waals surface area contributed by atoms with Gasteiger partial charge in [-0.05, 0) is 22.0 Å². The van der Waals surface area contributed by atoms with Crippen LogP contribution >= 0.6 is 31.9 Å². The molecule has 0 saturated heterocycles. The Balaban J connectivity index is 3.04. The molecule has 2 N–H and O–H groups in total. The number of hydrogen-bond acceptors (Lipinski definition) is 2. The van der Waals surface area contributed by atoms with E-state index in [1.165, 1.54) is 0 Å². The van der Waals surface area contributed by atoms with Crippen LogP contribution in [0.25, 0.3) is 0 Å². The van der Waals surface area contributed by atoms with Crippen molar-refractivity contribution in [1.82, 2.24) is 4.98 Å². The number of hydrogen-bond donors (Lipinski definition) is 1. The smallest absolute Gasteiger partial charge is 0.0588 e. The first-order chi connectivity index (χ1) is 4.74. The van der Waals surface area contributed by atoms with Gasteiger partial charge in [0.15, 0.2) is 0 Å². The molecule has 0 aromatic carbocycles. The summed E-state index contributed by atoms with van der Waals surface area (Å²) < 4.78 is 0.845. The molecule has 2 nitrogen and oxygen atoms in total. The van der Waals surface area contributed by atoms with E-state index in [2.05, 4.69) is 36.8 Å². The second-order valence-electron chi connectivity index (χ2n) is 1.83. The fourth-order valence-electron chi connectivity index (χ4n) is 0.573. The standard InChI is InChI=1S/C6H6Br2N2/c7-2-4-1-6(9)5(8)3-10-4/h1,3H,2H2,(H2,9,10). The van der Waals surface area contributed by atoms with Gasteiger partial charge in [0.2, 0.25) is 0 Å². The monoisotopic (exact) mass is 264 g/mol. The molecule has 0 spiro atoms. The van der Waals surface area contributed by atoms with E-state index in [4.69, 9.17) is 5.73 Å². The summed E-state index contributed by atoms with van der Waals surface area (Å²) >= 11 is 6.54. The van der Waals surface area contributed by atoms with Gasteiger partial charge in [0.1, 0.15) is 0 Å². The Morgan fingerprint density at radius 1 is 1.60 bits per heavy atom. The first-order valence-electron chi connectivity index (χ1n) is 2.70. The van der Waals surface area contributed by atoms with Gasteiger partial charge in [-0.1, -0.05) is 15.9 Å². The average molecular weight is 266 g/mol. The van der Waals surface area contributed by atoms with Gasteiger partial charge in [-0.15, -0.1) is 0 Å². The van der Waals surface area contributed by atoms with Crippen LogP contribution in [-0.4, -0.2) is 4.98 Å². The van der Waals surface area contributed by atoms with E-state index in [0.717, 1.165) is 21.2 Å². The largest absolute Gasteiger partial charge is 0.398 e. The van der Waals surface area contributed by atoms with Crippen LogP contribution in [0.4, 0.5) is 5.69 Å². The summed E-state index contributed by atoms with van der Waals surface area (Å²) in [4.78, 5) is 4.08. The topological polar surface area (TPSA) is 38.9 Å². The number of aromatic nitrogens is 1. The van der Waals surface area contributed by atoms with Crippen molar-refractivity contribution in [3.63, 3.8) is 0 Å². The highest BCUT2D eigenvalue weighted by Crippen LogP contribution is 2.18. The van der Waals surface area contributed by atoms with Crippen LogP contribution < -0.4 is 5.73 Å². The van der Waals surface area contributed by atoms with Crippen molar-refractivity contribution in [2.45, 2.75) is 5.33 Å². The molecule has 1 heterocycles. The summed E-state index contributed by atoms with van der Waals surface area (Å²) in [6, 6.07) is 1.83. The molecular weight excluding hydrogens is 260 g/mol. The van der Waals surface area contributed by atoms with Gasteiger partial charge in [-0.3, -0.25) is 4.98 Å². The summed E-state index contributed by atoms with van der Waals surface area (Å²) in [7, 11) is 0. The summed E-state index contributed by atoms with van der Waals surface area (Å²) in [5.74, 6) is 0. The van der Waals surface area contributed by atoms with E-state index in [0.29, 0.717) is 0 Å². The predicted octanol–water partition coefficient (Wildman–Crippen LogP) is 2.32. The van der Waals surface area contributed by atoms with E-state index in [-0.39, 0.29) is 0 Å². The van der Waals surface area contributed by atoms with Crippen LogP contribution in [0.2, 0.25) is 0 Å². The lowest BCUT2D eigenvalue weighted by Gasteiger charge is -1.98. The second-order valence-corrected chi connectivity index (χ2v) is 3.25. The zero-order valence-corrected chi connectivity index (χ0v) is 8.31. The van der Waals surface area contributed by atoms with E-state index >= 15 is 0 Å². The summed E-state index contributed by atoms with van der Waals surface area (Å²) in [5.41, 5.74) is 7.26. The minimum atomic E-state index is 0.726. The Morgan fingerprint density at radius 3 is 2.80 bits per heavy atom. The zero-order chi connectivity index (χ0) is 7.56. The van der Waals surface area contributed by atoms with E-state index in [9.17, 15) is 0 Å². The van der Waals surface area contributed by atoms with Gasteiger partial charge in [0.05, 0.1) is 10.2 Å². The third-order valence-corrected chi connectivity index (χ3v) is 2.32. The van der Waals surface area contributed by atoms with E-state index < -0.39 is 0 Å². The van der Waals surface area contributed by atoms with Gasteiger partial charge in [-0.2, -0.15) is 0 Å². The number of anilines is 1. The van der Waals surface area contributed by atoms with Crippen LogP contribution in [0.3, 0.4) is 0 Å². The Morgan fingerprint density at radius 2 is 2.30 bits per heavy atom. The van der Waals surface area contributed by atoms with Crippen LogP contribution in [0.5, 0.6) is 0 Å². The van der Waals surface area contributed by atoms with Crippen LogP contribution in [0, 0.1) is 0 Å². The van der Waals surface area contributed by atoms with Crippen molar-refractivity contribution in [2.24, 2.45) is 0 Å². The Hall–Kier alpha value is -0.0900. The Kier molecular flexibility index (Phi) is 2.68. The SMILES string of the molecule is Nc1cc(CBr)ncc1Br. The zero-order valence-electron chi connectivity index (χ0n) is 5.14. The highest BCUT2D eigenvalue weighted by Gasteiger charge is 1.96. The fraction of sp³-hybridized carbons (Fsp3) is 0.167. The maximum Gasteiger partial charge on any atom is 0.0588 e. The molecular formula is C6H6Br2N2. The highest BCUT2D eigenvalue weighted by atomic mass is 79.9. The first kappa shape index (κ1) is 8.01. The molecule has 10 heavy (non-hydrogen) atoms. The molecule has 0 aliphatic heterocycles. The number of pyridine rings is 1. The van der Waals surface area contributed by atoms with Gasteiger partial charge >= 0.3 is 0 Å². The molecule has 0 fully saturated rings. The lowest BCUT2D eigenvalue weighted by Crippen LogP contribution is -1.91. The number of alkyl halides is 1. The van der Waals surface area contributed by atoms with Gasteiger partial charge in [0.25, 0.3) is 0 Å². The van der Waals surface area contributed by atoms with Crippen molar-refractivity contribution in [1.29, 1.82) is 0 Å². The lowest BCUT2D eigenvalue weighted by molar-refractivity contribution is 1.18.